The van der Waals surface area contributed by atoms with Gasteiger partial charge in [-0.25, -0.2) is 0 Å². The van der Waals surface area contributed by atoms with Gasteiger partial charge in [0.05, 0.1) is 6.07 Å². The Bertz CT molecular complexity index is 318. The summed E-state index contributed by atoms with van der Waals surface area (Å²) >= 11 is 0. The van der Waals surface area contributed by atoms with Crippen LogP contribution < -0.4 is 0 Å². The van der Waals surface area contributed by atoms with Crippen molar-refractivity contribution in [3.8, 4) is 6.07 Å². The van der Waals surface area contributed by atoms with E-state index in [1.807, 2.05) is 6.08 Å². The fourth-order valence-electron chi connectivity index (χ4n) is 0.892. The van der Waals surface area contributed by atoms with Crippen molar-refractivity contribution in [2.75, 3.05) is 0 Å². The number of rotatable bonds is 1. The molecule has 0 fully saturated rings. The number of nitriles is 1. The highest BCUT2D eigenvalue weighted by Crippen LogP contribution is 2.09. The van der Waals surface area contributed by atoms with Crippen molar-refractivity contribution < 1.29 is 0 Å². The minimum atomic E-state index is 1.20. The molecule has 0 spiro atoms. The van der Waals surface area contributed by atoms with E-state index in [1.165, 1.54) is 23.6 Å². The molecule has 1 aromatic rings. The zero-order chi connectivity index (χ0) is 10.3. The SMILES string of the molecule is C=Cc1ccc(C)c(C)c1.CC#N. The summed E-state index contributed by atoms with van der Waals surface area (Å²) in [4.78, 5) is 0. The van der Waals surface area contributed by atoms with Crippen LogP contribution in [0.5, 0.6) is 0 Å². The number of hydrogen-bond acceptors (Lipinski definition) is 1. The summed E-state index contributed by atoms with van der Waals surface area (Å²) in [5, 5.41) is 7.32. The van der Waals surface area contributed by atoms with Crippen LogP contribution in [0.1, 0.15) is 23.6 Å². The summed E-state index contributed by atoms with van der Waals surface area (Å²) in [5.74, 6) is 0. The second kappa shape index (κ2) is 6.02. The van der Waals surface area contributed by atoms with Crippen LogP contribution >= 0.6 is 0 Å². The van der Waals surface area contributed by atoms with Crippen LogP contribution in [0.2, 0.25) is 0 Å². The molecule has 1 heteroatoms. The molecule has 0 aliphatic heterocycles. The summed E-state index contributed by atoms with van der Waals surface area (Å²) in [7, 11) is 0. The van der Waals surface area contributed by atoms with Crippen molar-refractivity contribution in [3.63, 3.8) is 0 Å². The molecule has 0 N–H and O–H groups in total. The van der Waals surface area contributed by atoms with Crippen molar-refractivity contribution in [1.82, 2.24) is 0 Å². The lowest BCUT2D eigenvalue weighted by atomic mass is 10.1. The van der Waals surface area contributed by atoms with Gasteiger partial charge in [-0.05, 0) is 30.5 Å². The smallest absolute Gasteiger partial charge is 0.0587 e. The van der Waals surface area contributed by atoms with Crippen molar-refractivity contribution >= 4 is 6.08 Å². The van der Waals surface area contributed by atoms with Gasteiger partial charge in [0.15, 0.2) is 0 Å². The molecule has 68 valence electrons. The van der Waals surface area contributed by atoms with Crippen LogP contribution in [0.4, 0.5) is 0 Å². The minimum Gasteiger partial charge on any atom is -0.199 e. The van der Waals surface area contributed by atoms with E-state index in [9.17, 15) is 0 Å². The first-order valence-corrected chi connectivity index (χ1v) is 4.16. The number of aryl methyl sites for hydroxylation is 2. The molecular weight excluding hydrogens is 158 g/mol. The average Bonchev–Trinajstić information content (AvgIpc) is 2.11. The fraction of sp³-hybridized carbons (Fsp3) is 0.250. The molecule has 0 saturated heterocycles. The maximum Gasteiger partial charge on any atom is 0.0587 e. The summed E-state index contributed by atoms with van der Waals surface area (Å²) in [6, 6.07) is 8.09. The molecule has 1 aromatic carbocycles. The van der Waals surface area contributed by atoms with E-state index in [2.05, 4.69) is 38.6 Å². The molecule has 0 saturated carbocycles. The van der Waals surface area contributed by atoms with Gasteiger partial charge in [-0.15, -0.1) is 0 Å². The Labute approximate surface area is 80.3 Å². The van der Waals surface area contributed by atoms with Gasteiger partial charge in [-0.2, -0.15) is 5.26 Å². The van der Waals surface area contributed by atoms with Gasteiger partial charge in [0.25, 0.3) is 0 Å². The molecule has 0 heterocycles. The first kappa shape index (κ1) is 11.4. The van der Waals surface area contributed by atoms with E-state index >= 15 is 0 Å². The Balaban J connectivity index is 0.000000424. The Hall–Kier alpha value is -1.55. The van der Waals surface area contributed by atoms with Crippen molar-refractivity contribution in [2.24, 2.45) is 0 Å². The maximum absolute atomic E-state index is 7.32. The Kier molecular flexibility index (Phi) is 5.30. The van der Waals surface area contributed by atoms with Gasteiger partial charge < -0.3 is 0 Å². The van der Waals surface area contributed by atoms with Gasteiger partial charge in [0.2, 0.25) is 0 Å². The lowest BCUT2D eigenvalue weighted by molar-refractivity contribution is 1.33. The predicted octanol–water partition coefficient (Wildman–Crippen LogP) is 3.48. The van der Waals surface area contributed by atoms with E-state index in [0.717, 1.165) is 0 Å². The molecule has 0 radical (unpaired) electrons. The van der Waals surface area contributed by atoms with Crippen LogP contribution in [0.3, 0.4) is 0 Å². The molecule has 0 aliphatic carbocycles. The van der Waals surface area contributed by atoms with E-state index < -0.39 is 0 Å². The third kappa shape index (κ3) is 4.12. The summed E-state index contributed by atoms with van der Waals surface area (Å²) in [6.45, 7) is 9.36. The fourth-order valence-corrected chi connectivity index (χ4v) is 0.892. The van der Waals surface area contributed by atoms with E-state index in [-0.39, 0.29) is 0 Å². The standard InChI is InChI=1S/C10H12.C2H3N/c1-4-10-6-5-8(2)9(3)7-10;1-2-3/h4-7H,1H2,2-3H3;1H3. The number of hydrogen-bond donors (Lipinski definition) is 0. The Morgan fingerprint density at radius 3 is 2.23 bits per heavy atom. The maximum atomic E-state index is 7.32. The monoisotopic (exact) mass is 173 g/mol. The van der Waals surface area contributed by atoms with Crippen LogP contribution in [0.25, 0.3) is 6.08 Å². The van der Waals surface area contributed by atoms with Crippen LogP contribution in [0, 0.1) is 25.2 Å². The van der Waals surface area contributed by atoms with Crippen molar-refractivity contribution in [3.05, 3.63) is 41.5 Å². The molecule has 0 atom stereocenters. The van der Waals surface area contributed by atoms with Gasteiger partial charge in [-0.3, -0.25) is 0 Å². The molecule has 1 rings (SSSR count). The Morgan fingerprint density at radius 1 is 1.31 bits per heavy atom. The van der Waals surface area contributed by atoms with Crippen LogP contribution in [0.15, 0.2) is 24.8 Å². The molecule has 0 unspecified atom stereocenters. The van der Waals surface area contributed by atoms with Gasteiger partial charge in [0, 0.05) is 6.92 Å². The van der Waals surface area contributed by atoms with E-state index in [0.29, 0.717) is 0 Å². The van der Waals surface area contributed by atoms with Crippen LogP contribution in [-0.4, -0.2) is 0 Å². The molecule has 1 nitrogen and oxygen atoms in total. The van der Waals surface area contributed by atoms with E-state index in [4.69, 9.17) is 5.26 Å². The largest absolute Gasteiger partial charge is 0.199 e. The molecule has 13 heavy (non-hydrogen) atoms. The first-order chi connectivity index (χ1) is 6.15. The summed E-state index contributed by atoms with van der Waals surface area (Å²) in [6.07, 6.45) is 1.87. The lowest BCUT2D eigenvalue weighted by Crippen LogP contribution is -1.80. The zero-order valence-electron chi connectivity index (χ0n) is 8.46. The van der Waals surface area contributed by atoms with Gasteiger partial charge in [-0.1, -0.05) is 30.9 Å². The lowest BCUT2D eigenvalue weighted by Gasteiger charge is -1.99. The molecular formula is C12H15N. The molecule has 0 bridgehead atoms. The third-order valence-corrected chi connectivity index (χ3v) is 1.77. The average molecular weight is 173 g/mol. The van der Waals surface area contributed by atoms with Gasteiger partial charge >= 0.3 is 0 Å². The van der Waals surface area contributed by atoms with Crippen molar-refractivity contribution in [1.29, 1.82) is 5.26 Å². The normalized spacial score (nSPS) is 7.85. The van der Waals surface area contributed by atoms with Crippen LogP contribution in [-0.2, 0) is 0 Å². The molecule has 0 aliphatic rings. The number of nitrogens with zero attached hydrogens (tertiary/aromatic N) is 1. The molecule has 0 aromatic heterocycles. The molecule has 0 amide bonds. The second-order valence-corrected chi connectivity index (χ2v) is 2.77. The topological polar surface area (TPSA) is 23.8 Å². The Morgan fingerprint density at radius 2 is 1.85 bits per heavy atom. The zero-order valence-corrected chi connectivity index (χ0v) is 8.46. The quantitative estimate of drug-likeness (QED) is 0.637. The first-order valence-electron chi connectivity index (χ1n) is 4.16. The van der Waals surface area contributed by atoms with Gasteiger partial charge in [0.1, 0.15) is 0 Å². The second-order valence-electron chi connectivity index (χ2n) is 2.77. The summed E-state index contributed by atoms with van der Waals surface area (Å²) in [5.41, 5.74) is 3.87. The number of benzene rings is 1. The highest BCUT2D eigenvalue weighted by atomic mass is 14.2. The minimum absolute atomic E-state index is 1.20. The third-order valence-electron chi connectivity index (χ3n) is 1.77. The highest BCUT2D eigenvalue weighted by Gasteiger charge is 1.90. The predicted molar refractivity (Wildman–Crippen MR) is 57.3 cm³/mol. The summed E-state index contributed by atoms with van der Waals surface area (Å²) < 4.78 is 0. The van der Waals surface area contributed by atoms with Crippen molar-refractivity contribution in [2.45, 2.75) is 20.8 Å². The van der Waals surface area contributed by atoms with E-state index in [1.54, 1.807) is 6.07 Å². The highest BCUT2D eigenvalue weighted by molar-refractivity contribution is 5.49.